The molecule has 0 bridgehead atoms. The van der Waals surface area contributed by atoms with Crippen LogP contribution in [0, 0.1) is 11.7 Å². The van der Waals surface area contributed by atoms with Gasteiger partial charge >= 0.3 is 0 Å². The molecule has 1 aliphatic rings. The zero-order chi connectivity index (χ0) is 14.5. The number of amides is 1. The summed E-state index contributed by atoms with van der Waals surface area (Å²) >= 11 is 5.90. The molecule has 0 radical (unpaired) electrons. The minimum atomic E-state index is -0.539. The van der Waals surface area contributed by atoms with Gasteiger partial charge in [-0.3, -0.25) is 4.79 Å². The molecule has 1 aliphatic heterocycles. The zero-order valence-electron chi connectivity index (χ0n) is 11.3. The highest BCUT2D eigenvalue weighted by atomic mass is 35.5. The molecule has 2 N–H and O–H groups in total. The van der Waals surface area contributed by atoms with E-state index < -0.39 is 5.82 Å². The van der Waals surface area contributed by atoms with Gasteiger partial charge in [0.1, 0.15) is 5.82 Å². The van der Waals surface area contributed by atoms with Crippen LogP contribution in [0.1, 0.15) is 13.3 Å². The Balaban J connectivity index is 2.04. The Morgan fingerprint density at radius 2 is 2.30 bits per heavy atom. The van der Waals surface area contributed by atoms with Crippen molar-refractivity contribution in [2.75, 3.05) is 25.1 Å². The molecule has 1 amide bonds. The van der Waals surface area contributed by atoms with Crippen LogP contribution in [0.4, 0.5) is 10.1 Å². The van der Waals surface area contributed by atoms with Gasteiger partial charge in [-0.1, -0.05) is 24.6 Å². The first kappa shape index (κ1) is 15.2. The molecule has 1 fully saturated rings. The number of ether oxygens (including phenoxy) is 1. The van der Waals surface area contributed by atoms with E-state index in [0.29, 0.717) is 13.2 Å². The molecule has 2 rings (SSSR count). The molecule has 0 saturated carbocycles. The van der Waals surface area contributed by atoms with Gasteiger partial charge in [0.05, 0.1) is 29.8 Å². The largest absolute Gasteiger partial charge is 0.379 e. The van der Waals surface area contributed by atoms with Crippen LogP contribution >= 0.6 is 11.6 Å². The Morgan fingerprint density at radius 1 is 1.50 bits per heavy atom. The summed E-state index contributed by atoms with van der Waals surface area (Å²) in [5.74, 6) is -1.15. The Hall–Kier alpha value is -1.17. The van der Waals surface area contributed by atoms with Gasteiger partial charge in [0, 0.05) is 6.04 Å². The van der Waals surface area contributed by atoms with Crippen molar-refractivity contribution in [2.24, 2.45) is 5.92 Å². The second kappa shape index (κ2) is 7.02. The highest BCUT2D eigenvalue weighted by Gasteiger charge is 2.34. The number of para-hydroxylation sites is 1. The molecule has 1 aromatic rings. The average molecular weight is 301 g/mol. The fraction of sp³-hybridized carbons (Fsp3) is 0.500. The molecular formula is C14H18ClFN2O2. The lowest BCUT2D eigenvalue weighted by Crippen LogP contribution is -2.41. The van der Waals surface area contributed by atoms with E-state index in [2.05, 4.69) is 17.6 Å². The molecule has 2 atom stereocenters. The highest BCUT2D eigenvalue weighted by Crippen LogP contribution is 2.26. The standard InChI is InChI=1S/C14H18ClFN2O2/c1-2-6-17-12-8-20-7-9(12)14(19)18-13-10(15)4-3-5-11(13)16/h3-5,9,12,17H,2,6-8H2,1H3,(H,18,19). The van der Waals surface area contributed by atoms with Crippen LogP contribution in [0.15, 0.2) is 18.2 Å². The monoisotopic (exact) mass is 300 g/mol. The summed E-state index contributed by atoms with van der Waals surface area (Å²) in [6.45, 7) is 3.69. The molecule has 0 aliphatic carbocycles. The van der Waals surface area contributed by atoms with Gasteiger partial charge < -0.3 is 15.4 Å². The van der Waals surface area contributed by atoms with E-state index in [9.17, 15) is 9.18 Å². The maximum atomic E-state index is 13.7. The Morgan fingerprint density at radius 3 is 3.00 bits per heavy atom. The first-order chi connectivity index (χ1) is 9.63. The SMILES string of the molecule is CCCNC1COCC1C(=O)Nc1c(F)cccc1Cl. The number of hydrogen-bond donors (Lipinski definition) is 2. The normalized spacial score (nSPS) is 21.9. The fourth-order valence-corrected chi connectivity index (χ4v) is 2.39. The molecule has 0 aromatic heterocycles. The first-order valence-corrected chi connectivity index (χ1v) is 7.07. The van der Waals surface area contributed by atoms with Gasteiger partial charge in [-0.25, -0.2) is 4.39 Å². The van der Waals surface area contributed by atoms with Crippen molar-refractivity contribution in [3.05, 3.63) is 29.0 Å². The van der Waals surface area contributed by atoms with Crippen LogP contribution < -0.4 is 10.6 Å². The summed E-state index contributed by atoms with van der Waals surface area (Å²) in [5.41, 5.74) is 0.0281. The summed E-state index contributed by atoms with van der Waals surface area (Å²) < 4.78 is 19.0. The quantitative estimate of drug-likeness (QED) is 0.878. The summed E-state index contributed by atoms with van der Waals surface area (Å²) in [6, 6.07) is 4.26. The number of nitrogens with one attached hydrogen (secondary N) is 2. The Labute approximate surface area is 122 Å². The van der Waals surface area contributed by atoms with Crippen molar-refractivity contribution in [1.29, 1.82) is 0 Å². The van der Waals surface area contributed by atoms with Crippen LogP contribution in [0.2, 0.25) is 5.02 Å². The number of halogens is 2. The predicted molar refractivity (Wildman–Crippen MR) is 76.4 cm³/mol. The van der Waals surface area contributed by atoms with E-state index in [1.807, 2.05) is 0 Å². The lowest BCUT2D eigenvalue weighted by atomic mass is 10.0. The summed E-state index contributed by atoms with van der Waals surface area (Å²) in [6.07, 6.45) is 0.976. The average Bonchev–Trinajstić information content (AvgIpc) is 2.89. The fourth-order valence-electron chi connectivity index (χ4n) is 2.18. The van der Waals surface area contributed by atoms with Crippen molar-refractivity contribution >= 4 is 23.2 Å². The molecule has 20 heavy (non-hydrogen) atoms. The summed E-state index contributed by atoms with van der Waals surface area (Å²) in [4.78, 5) is 12.2. The third-order valence-electron chi connectivity index (χ3n) is 3.28. The Kier molecular flexibility index (Phi) is 5.34. The van der Waals surface area contributed by atoms with E-state index in [1.54, 1.807) is 0 Å². The number of hydrogen-bond acceptors (Lipinski definition) is 3. The molecule has 110 valence electrons. The van der Waals surface area contributed by atoms with Crippen LogP contribution in [-0.2, 0) is 9.53 Å². The second-order valence-corrected chi connectivity index (χ2v) is 5.20. The molecule has 6 heteroatoms. The lowest BCUT2D eigenvalue weighted by molar-refractivity contribution is -0.120. The number of benzene rings is 1. The third kappa shape index (κ3) is 3.48. The maximum absolute atomic E-state index is 13.7. The molecule has 0 spiro atoms. The highest BCUT2D eigenvalue weighted by molar-refractivity contribution is 6.33. The van der Waals surface area contributed by atoms with Crippen LogP contribution in [0.5, 0.6) is 0 Å². The van der Waals surface area contributed by atoms with Crippen molar-refractivity contribution in [3.63, 3.8) is 0 Å². The van der Waals surface area contributed by atoms with Crippen molar-refractivity contribution in [3.8, 4) is 0 Å². The topological polar surface area (TPSA) is 50.4 Å². The number of anilines is 1. The van der Waals surface area contributed by atoms with Crippen LogP contribution in [0.25, 0.3) is 0 Å². The van der Waals surface area contributed by atoms with Gasteiger partial charge in [-0.05, 0) is 25.1 Å². The van der Waals surface area contributed by atoms with Gasteiger partial charge in [-0.2, -0.15) is 0 Å². The van der Waals surface area contributed by atoms with Crippen LogP contribution in [-0.4, -0.2) is 31.7 Å². The van der Waals surface area contributed by atoms with E-state index >= 15 is 0 Å². The van der Waals surface area contributed by atoms with Gasteiger partial charge in [0.2, 0.25) is 5.91 Å². The van der Waals surface area contributed by atoms with E-state index in [-0.39, 0.29) is 28.6 Å². The molecule has 1 aromatic carbocycles. The zero-order valence-corrected chi connectivity index (χ0v) is 12.0. The number of carbonyl (C=O) groups excluding carboxylic acids is 1. The first-order valence-electron chi connectivity index (χ1n) is 6.69. The van der Waals surface area contributed by atoms with Crippen molar-refractivity contribution in [1.82, 2.24) is 5.32 Å². The molecule has 1 heterocycles. The molecular weight excluding hydrogens is 283 g/mol. The lowest BCUT2D eigenvalue weighted by Gasteiger charge is -2.19. The number of carbonyl (C=O) groups is 1. The predicted octanol–water partition coefficient (Wildman–Crippen LogP) is 2.43. The Bertz CT molecular complexity index is 464. The van der Waals surface area contributed by atoms with E-state index in [1.165, 1.54) is 18.2 Å². The molecule has 4 nitrogen and oxygen atoms in total. The smallest absolute Gasteiger partial charge is 0.231 e. The third-order valence-corrected chi connectivity index (χ3v) is 3.60. The van der Waals surface area contributed by atoms with Gasteiger partial charge in [0.25, 0.3) is 0 Å². The summed E-state index contributed by atoms with van der Waals surface area (Å²) in [7, 11) is 0. The molecule has 1 saturated heterocycles. The minimum Gasteiger partial charge on any atom is -0.379 e. The van der Waals surface area contributed by atoms with E-state index in [4.69, 9.17) is 16.3 Å². The summed E-state index contributed by atoms with van der Waals surface area (Å²) in [5, 5.41) is 6.02. The second-order valence-electron chi connectivity index (χ2n) is 4.79. The van der Waals surface area contributed by atoms with Gasteiger partial charge in [-0.15, -0.1) is 0 Å². The minimum absolute atomic E-state index is 0.0281. The van der Waals surface area contributed by atoms with Gasteiger partial charge in [0.15, 0.2) is 0 Å². The molecule has 2 unspecified atom stereocenters. The number of rotatable bonds is 5. The van der Waals surface area contributed by atoms with E-state index in [0.717, 1.165) is 13.0 Å². The van der Waals surface area contributed by atoms with Crippen LogP contribution in [0.3, 0.4) is 0 Å². The maximum Gasteiger partial charge on any atom is 0.231 e. The van der Waals surface area contributed by atoms with Crippen molar-refractivity contribution < 1.29 is 13.9 Å². The van der Waals surface area contributed by atoms with Crippen molar-refractivity contribution in [2.45, 2.75) is 19.4 Å².